The first-order valence-corrected chi connectivity index (χ1v) is 5.20. The molecular formula is C10H22N2. The first-order chi connectivity index (χ1) is 5.72. The van der Waals surface area contributed by atoms with Gasteiger partial charge in [0.2, 0.25) is 0 Å². The van der Waals surface area contributed by atoms with E-state index in [-0.39, 0.29) is 0 Å². The van der Waals surface area contributed by atoms with Crippen LogP contribution in [0.2, 0.25) is 0 Å². The molecule has 1 aliphatic carbocycles. The van der Waals surface area contributed by atoms with Crippen LogP contribution in [0.1, 0.15) is 33.1 Å². The molecular weight excluding hydrogens is 148 g/mol. The largest absolute Gasteiger partial charge is 0.328 e. The van der Waals surface area contributed by atoms with Crippen molar-refractivity contribution in [3.8, 4) is 0 Å². The van der Waals surface area contributed by atoms with Gasteiger partial charge in [-0.3, -0.25) is 0 Å². The lowest BCUT2D eigenvalue weighted by molar-refractivity contribution is 0.267. The third-order valence-electron chi connectivity index (χ3n) is 2.56. The normalized spacial score (nSPS) is 20.0. The topological polar surface area (TPSA) is 29.3 Å². The van der Waals surface area contributed by atoms with E-state index in [1.54, 1.807) is 0 Å². The zero-order valence-corrected chi connectivity index (χ0v) is 8.42. The molecule has 0 amide bonds. The molecule has 12 heavy (non-hydrogen) atoms. The Kier molecular flexibility index (Phi) is 4.02. The smallest absolute Gasteiger partial charge is 0.00226 e. The zero-order chi connectivity index (χ0) is 8.97. The Morgan fingerprint density at radius 3 is 2.58 bits per heavy atom. The molecule has 0 saturated heterocycles. The predicted octanol–water partition coefficient (Wildman–Crippen LogP) is 1.46. The maximum atomic E-state index is 5.72. The summed E-state index contributed by atoms with van der Waals surface area (Å²) in [5.41, 5.74) is 5.72. The Labute approximate surface area is 76.1 Å². The van der Waals surface area contributed by atoms with Gasteiger partial charge in [0, 0.05) is 12.6 Å². The summed E-state index contributed by atoms with van der Waals surface area (Å²) < 4.78 is 0. The van der Waals surface area contributed by atoms with Gasteiger partial charge >= 0.3 is 0 Å². The molecule has 1 fully saturated rings. The Morgan fingerprint density at radius 1 is 1.50 bits per heavy atom. The number of hydrogen-bond donors (Lipinski definition) is 1. The molecule has 0 aromatic rings. The van der Waals surface area contributed by atoms with Crippen molar-refractivity contribution >= 4 is 0 Å². The van der Waals surface area contributed by atoms with Gasteiger partial charge in [-0.05, 0) is 45.2 Å². The zero-order valence-electron chi connectivity index (χ0n) is 8.42. The van der Waals surface area contributed by atoms with Crippen LogP contribution in [0.25, 0.3) is 0 Å². The summed E-state index contributed by atoms with van der Waals surface area (Å²) in [6, 6.07) is 0.359. The van der Waals surface area contributed by atoms with Crippen molar-refractivity contribution in [2.45, 2.75) is 39.2 Å². The van der Waals surface area contributed by atoms with Gasteiger partial charge in [0.15, 0.2) is 0 Å². The highest BCUT2D eigenvalue weighted by Crippen LogP contribution is 2.29. The van der Waals surface area contributed by atoms with Crippen molar-refractivity contribution in [1.29, 1.82) is 0 Å². The fourth-order valence-electron chi connectivity index (χ4n) is 1.43. The van der Waals surface area contributed by atoms with Crippen LogP contribution in [0, 0.1) is 5.92 Å². The highest BCUT2D eigenvalue weighted by Gasteiger charge is 2.23. The first kappa shape index (κ1) is 10.0. The lowest BCUT2D eigenvalue weighted by Gasteiger charge is -2.20. The molecule has 0 aromatic heterocycles. The molecule has 2 N–H and O–H groups in total. The highest BCUT2D eigenvalue weighted by molar-refractivity contribution is 4.77. The second-order valence-corrected chi connectivity index (χ2v) is 4.10. The number of nitrogens with zero attached hydrogens (tertiary/aromatic N) is 1. The summed E-state index contributed by atoms with van der Waals surface area (Å²) in [6.07, 6.45) is 4.05. The molecule has 72 valence electrons. The number of rotatable bonds is 6. The SMILES string of the molecule is CCN(CCC(C)N)CC1CC1. The molecule has 2 heteroatoms. The van der Waals surface area contributed by atoms with Crippen LogP contribution in [-0.2, 0) is 0 Å². The van der Waals surface area contributed by atoms with Crippen molar-refractivity contribution in [1.82, 2.24) is 4.90 Å². The summed E-state index contributed by atoms with van der Waals surface area (Å²) in [6.45, 7) is 8.01. The third-order valence-corrected chi connectivity index (χ3v) is 2.56. The molecule has 1 atom stereocenters. The van der Waals surface area contributed by atoms with E-state index in [9.17, 15) is 0 Å². The van der Waals surface area contributed by atoms with Crippen LogP contribution in [0.5, 0.6) is 0 Å². The van der Waals surface area contributed by atoms with E-state index in [1.165, 1.54) is 32.5 Å². The molecule has 2 nitrogen and oxygen atoms in total. The maximum Gasteiger partial charge on any atom is 0.00226 e. The van der Waals surface area contributed by atoms with Crippen molar-refractivity contribution < 1.29 is 0 Å². The fraction of sp³-hybridized carbons (Fsp3) is 1.00. The minimum absolute atomic E-state index is 0.359. The number of hydrogen-bond acceptors (Lipinski definition) is 2. The molecule has 0 aromatic carbocycles. The Morgan fingerprint density at radius 2 is 2.17 bits per heavy atom. The van der Waals surface area contributed by atoms with Crippen LogP contribution in [0.4, 0.5) is 0 Å². The first-order valence-electron chi connectivity index (χ1n) is 5.20. The molecule has 0 heterocycles. The van der Waals surface area contributed by atoms with E-state index in [4.69, 9.17) is 5.73 Å². The van der Waals surface area contributed by atoms with Gasteiger partial charge in [-0.2, -0.15) is 0 Å². The van der Waals surface area contributed by atoms with E-state index < -0.39 is 0 Å². The van der Waals surface area contributed by atoms with Gasteiger partial charge in [0.1, 0.15) is 0 Å². The van der Waals surface area contributed by atoms with Gasteiger partial charge in [0.25, 0.3) is 0 Å². The van der Waals surface area contributed by atoms with Gasteiger partial charge in [-0.15, -0.1) is 0 Å². The fourth-order valence-corrected chi connectivity index (χ4v) is 1.43. The van der Waals surface area contributed by atoms with E-state index in [1.807, 2.05) is 0 Å². The van der Waals surface area contributed by atoms with Crippen molar-refractivity contribution in [2.75, 3.05) is 19.6 Å². The maximum absolute atomic E-state index is 5.72. The van der Waals surface area contributed by atoms with Crippen LogP contribution in [-0.4, -0.2) is 30.6 Å². The molecule has 1 saturated carbocycles. The molecule has 1 aliphatic rings. The Balaban J connectivity index is 2.06. The van der Waals surface area contributed by atoms with Crippen LogP contribution in [0.3, 0.4) is 0 Å². The van der Waals surface area contributed by atoms with Gasteiger partial charge in [-0.1, -0.05) is 6.92 Å². The quantitative estimate of drug-likeness (QED) is 0.654. The molecule has 0 aliphatic heterocycles. The van der Waals surface area contributed by atoms with Gasteiger partial charge < -0.3 is 10.6 Å². The predicted molar refractivity (Wildman–Crippen MR) is 53.1 cm³/mol. The minimum Gasteiger partial charge on any atom is -0.328 e. The van der Waals surface area contributed by atoms with Crippen LogP contribution in [0.15, 0.2) is 0 Å². The van der Waals surface area contributed by atoms with Crippen molar-refractivity contribution in [3.05, 3.63) is 0 Å². The molecule has 1 rings (SSSR count). The number of nitrogens with two attached hydrogens (primary N) is 1. The van der Waals surface area contributed by atoms with E-state index >= 15 is 0 Å². The Bertz CT molecular complexity index is 119. The van der Waals surface area contributed by atoms with Crippen LogP contribution < -0.4 is 5.73 Å². The summed E-state index contributed by atoms with van der Waals surface area (Å²) in [5, 5.41) is 0. The average molecular weight is 170 g/mol. The second-order valence-electron chi connectivity index (χ2n) is 4.10. The van der Waals surface area contributed by atoms with E-state index in [2.05, 4.69) is 18.7 Å². The summed E-state index contributed by atoms with van der Waals surface area (Å²) in [7, 11) is 0. The molecule has 0 radical (unpaired) electrons. The lowest BCUT2D eigenvalue weighted by atomic mass is 10.2. The molecule has 1 unspecified atom stereocenters. The molecule has 0 bridgehead atoms. The molecule has 0 spiro atoms. The average Bonchev–Trinajstić information content (AvgIpc) is 2.81. The van der Waals surface area contributed by atoms with Gasteiger partial charge in [0.05, 0.1) is 0 Å². The van der Waals surface area contributed by atoms with E-state index in [0.29, 0.717) is 6.04 Å². The summed E-state index contributed by atoms with van der Waals surface area (Å²) >= 11 is 0. The van der Waals surface area contributed by atoms with Gasteiger partial charge in [-0.25, -0.2) is 0 Å². The van der Waals surface area contributed by atoms with E-state index in [0.717, 1.165) is 12.3 Å². The van der Waals surface area contributed by atoms with Crippen LogP contribution >= 0.6 is 0 Å². The third kappa shape index (κ3) is 4.07. The summed E-state index contributed by atoms with van der Waals surface area (Å²) in [5.74, 6) is 1.01. The minimum atomic E-state index is 0.359. The highest BCUT2D eigenvalue weighted by atomic mass is 15.1. The standard InChI is InChI=1S/C10H22N2/c1-3-12(7-6-9(2)11)8-10-4-5-10/h9-10H,3-8,11H2,1-2H3. The van der Waals surface area contributed by atoms with Crippen molar-refractivity contribution in [3.63, 3.8) is 0 Å². The van der Waals surface area contributed by atoms with Crippen molar-refractivity contribution in [2.24, 2.45) is 11.7 Å². The summed E-state index contributed by atoms with van der Waals surface area (Å²) in [4.78, 5) is 2.53. The monoisotopic (exact) mass is 170 g/mol. The second kappa shape index (κ2) is 4.83. The lowest BCUT2D eigenvalue weighted by Crippen LogP contribution is -2.30. The Hall–Kier alpha value is -0.0800.